The standard InChI is InChI=1S/C53H58FN9O13/c1-3-53(74)34-21-39-49-32(25-63(39)50(71)33(34)27-76-52(53)73)48-36(14-13-31-29(2)35(54)22-37(60-49)47(31)48)58-44(68)28-75-19-18-61(26-40(55)64)51(72)38(20-30-10-6-4-7-11-30)59-43(67)24-57-42(66)23-56-41(65)12-8-5-9-17-62-45(69)15-16-46(62)70/h4,6-7,10-11,15-16,21-22,36,38,74H,3,5,8-9,12-14,17-20,23-28H2,1-2H3,(H2,55,64)(H,56,65)(H,57,66)(H,58,68)(H,59,67)/t36-,38-,53-/m0/s1. The van der Waals surface area contributed by atoms with Crippen molar-refractivity contribution in [2.45, 2.75) is 96.1 Å². The van der Waals surface area contributed by atoms with Crippen LogP contribution in [0.3, 0.4) is 0 Å². The molecular formula is C53H58FN9O13. The molecule has 4 aliphatic rings. The van der Waals surface area contributed by atoms with Crippen LogP contribution in [0.4, 0.5) is 4.39 Å². The number of hydrogen-bond donors (Lipinski definition) is 6. The number of nitrogens with zero attached hydrogens (tertiary/aromatic N) is 4. The van der Waals surface area contributed by atoms with Crippen LogP contribution in [-0.2, 0) is 84.2 Å². The Bertz CT molecular complexity index is 3120. The fraction of sp³-hybridized carbons (Fsp3) is 0.415. The van der Waals surface area contributed by atoms with E-state index in [2.05, 4.69) is 21.3 Å². The van der Waals surface area contributed by atoms with E-state index in [9.17, 15) is 53.1 Å². The number of ether oxygens (including phenoxy) is 2. The molecule has 0 radical (unpaired) electrons. The highest BCUT2D eigenvalue weighted by Crippen LogP contribution is 2.46. The number of carbonyl (C=O) groups is 9. The molecule has 400 valence electrons. The van der Waals surface area contributed by atoms with Gasteiger partial charge in [0.15, 0.2) is 5.60 Å². The van der Waals surface area contributed by atoms with E-state index in [1.54, 1.807) is 50.2 Å². The number of fused-ring (bicyclic) bond motifs is 5. The Morgan fingerprint density at radius 3 is 2.39 bits per heavy atom. The van der Waals surface area contributed by atoms with E-state index in [0.717, 1.165) is 9.80 Å². The summed E-state index contributed by atoms with van der Waals surface area (Å²) in [5.41, 5.74) is 7.25. The predicted molar refractivity (Wildman–Crippen MR) is 267 cm³/mol. The van der Waals surface area contributed by atoms with E-state index in [4.69, 9.17) is 20.2 Å². The van der Waals surface area contributed by atoms with Crippen molar-refractivity contribution in [2.75, 3.05) is 45.9 Å². The molecule has 2 aromatic heterocycles. The van der Waals surface area contributed by atoms with Crippen LogP contribution in [-0.4, -0.2) is 130 Å². The largest absolute Gasteiger partial charge is 0.458 e. The molecule has 0 saturated carbocycles. The number of esters is 1. The van der Waals surface area contributed by atoms with Gasteiger partial charge in [0.2, 0.25) is 35.4 Å². The number of halogens is 1. The predicted octanol–water partition coefficient (Wildman–Crippen LogP) is 0.406. The number of aliphatic hydroxyl groups is 1. The van der Waals surface area contributed by atoms with E-state index < -0.39 is 96.7 Å². The minimum Gasteiger partial charge on any atom is -0.458 e. The molecule has 8 amide bonds. The lowest BCUT2D eigenvalue weighted by Crippen LogP contribution is -2.54. The van der Waals surface area contributed by atoms with E-state index in [1.165, 1.54) is 22.8 Å². The fourth-order valence-corrected chi connectivity index (χ4v) is 10.1. The monoisotopic (exact) mass is 1050 g/mol. The molecule has 0 saturated heterocycles. The summed E-state index contributed by atoms with van der Waals surface area (Å²) >= 11 is 0. The molecule has 3 atom stereocenters. The maximum Gasteiger partial charge on any atom is 0.343 e. The number of carbonyl (C=O) groups excluding carboxylic acids is 9. The number of amides is 8. The van der Waals surface area contributed by atoms with Crippen LogP contribution in [0.15, 0.2) is 59.4 Å². The summed E-state index contributed by atoms with van der Waals surface area (Å²) in [7, 11) is 0. The molecule has 0 bridgehead atoms. The van der Waals surface area contributed by atoms with Gasteiger partial charge in [0.1, 0.15) is 25.1 Å². The fourth-order valence-electron chi connectivity index (χ4n) is 10.1. The van der Waals surface area contributed by atoms with Gasteiger partial charge in [-0.1, -0.05) is 43.7 Å². The summed E-state index contributed by atoms with van der Waals surface area (Å²) in [5, 5.41) is 22.5. The van der Waals surface area contributed by atoms with Gasteiger partial charge in [-0.3, -0.25) is 48.1 Å². The summed E-state index contributed by atoms with van der Waals surface area (Å²) in [6.07, 6.45) is 4.66. The van der Waals surface area contributed by atoms with Crippen LogP contribution in [0, 0.1) is 12.7 Å². The molecule has 8 rings (SSSR count). The van der Waals surface area contributed by atoms with Crippen LogP contribution in [0.2, 0.25) is 0 Å². The van der Waals surface area contributed by atoms with E-state index in [-0.39, 0.29) is 75.1 Å². The second-order valence-electron chi connectivity index (χ2n) is 19.1. The van der Waals surface area contributed by atoms with Gasteiger partial charge in [0.05, 0.1) is 61.3 Å². The summed E-state index contributed by atoms with van der Waals surface area (Å²) in [5.74, 6) is -6.08. The quantitative estimate of drug-likeness (QED) is 0.0294. The van der Waals surface area contributed by atoms with E-state index in [1.807, 2.05) is 0 Å². The Labute approximate surface area is 434 Å². The second kappa shape index (κ2) is 23.2. The van der Waals surface area contributed by atoms with Gasteiger partial charge in [0.25, 0.3) is 17.4 Å². The first-order valence-electron chi connectivity index (χ1n) is 25.0. The Hall–Kier alpha value is -8.18. The molecular weight excluding hydrogens is 990 g/mol. The Morgan fingerprint density at radius 2 is 1.67 bits per heavy atom. The summed E-state index contributed by atoms with van der Waals surface area (Å²) in [4.78, 5) is 135. The number of imide groups is 1. The summed E-state index contributed by atoms with van der Waals surface area (Å²) < 4.78 is 27.9. The number of aromatic nitrogens is 2. The van der Waals surface area contributed by atoms with Crippen molar-refractivity contribution < 1.29 is 62.1 Å². The number of nitrogens with two attached hydrogens (primary N) is 1. The zero-order chi connectivity index (χ0) is 54.4. The third kappa shape index (κ3) is 11.5. The Morgan fingerprint density at radius 1 is 0.947 bits per heavy atom. The minimum atomic E-state index is -2.07. The average molecular weight is 1050 g/mol. The van der Waals surface area contributed by atoms with Gasteiger partial charge < -0.3 is 51.0 Å². The van der Waals surface area contributed by atoms with Crippen LogP contribution in [0.25, 0.3) is 22.3 Å². The lowest BCUT2D eigenvalue weighted by Gasteiger charge is -2.31. The van der Waals surface area contributed by atoms with Crippen LogP contribution < -0.4 is 32.6 Å². The number of cyclic esters (lactones) is 1. The first-order chi connectivity index (χ1) is 36.4. The number of pyridine rings is 2. The molecule has 0 fully saturated rings. The van der Waals surface area contributed by atoms with E-state index >= 15 is 4.39 Å². The van der Waals surface area contributed by atoms with Gasteiger partial charge in [-0.25, -0.2) is 14.2 Å². The highest BCUT2D eigenvalue weighted by atomic mass is 19.1. The topological polar surface area (TPSA) is 308 Å². The molecule has 22 nitrogen and oxygen atoms in total. The third-order valence-corrected chi connectivity index (χ3v) is 14.1. The maximum atomic E-state index is 15.4. The minimum absolute atomic E-state index is 0.0186. The lowest BCUT2D eigenvalue weighted by molar-refractivity contribution is -0.172. The normalized spacial score (nSPS) is 17.3. The average Bonchev–Trinajstić information content (AvgIpc) is 4.00. The number of primary amides is 1. The van der Waals surface area contributed by atoms with Crippen molar-refractivity contribution >= 4 is 64.1 Å². The Balaban J connectivity index is 0.877. The maximum absolute atomic E-state index is 15.4. The number of rotatable bonds is 23. The SMILES string of the molecule is CC[C@@]1(O)C(=O)OCc2c1cc1n(c2=O)Cc2c-1nc1cc(F)c(C)c3c1c2[C@@H](NC(=O)COCCN(CC(N)=O)C(=O)[C@H](Cc1ccccc1)NC(=O)CNC(=O)CNC(=O)CCCCCN1C(=O)C=CC1=O)CC3. The summed E-state index contributed by atoms with van der Waals surface area (Å²) in [6, 6.07) is 9.66. The van der Waals surface area contributed by atoms with Gasteiger partial charge in [0, 0.05) is 60.7 Å². The number of nitrogens with one attached hydrogen (secondary N) is 4. The van der Waals surface area contributed by atoms with Gasteiger partial charge in [-0.15, -0.1) is 0 Å². The van der Waals surface area contributed by atoms with E-state index in [0.29, 0.717) is 82.2 Å². The molecule has 7 N–H and O–H groups in total. The van der Waals surface area contributed by atoms with Crippen molar-refractivity contribution in [3.05, 3.63) is 110 Å². The molecule has 2 aromatic carbocycles. The second-order valence-corrected chi connectivity index (χ2v) is 19.1. The highest BCUT2D eigenvalue weighted by Gasteiger charge is 2.46. The number of aryl methyl sites for hydroxylation is 1. The van der Waals surface area contributed by atoms with Crippen LogP contribution in [0.1, 0.15) is 90.4 Å². The van der Waals surface area contributed by atoms with Crippen molar-refractivity contribution in [1.82, 2.24) is 40.6 Å². The third-order valence-electron chi connectivity index (χ3n) is 14.1. The Kier molecular flexibility index (Phi) is 16.5. The molecule has 3 aliphatic heterocycles. The molecule has 76 heavy (non-hydrogen) atoms. The van der Waals surface area contributed by atoms with Crippen LogP contribution >= 0.6 is 0 Å². The summed E-state index contributed by atoms with van der Waals surface area (Å²) in [6.45, 7) is 0.671. The van der Waals surface area contributed by atoms with Crippen molar-refractivity contribution in [2.24, 2.45) is 5.73 Å². The molecule has 4 aromatic rings. The van der Waals surface area contributed by atoms with Crippen molar-refractivity contribution in [3.63, 3.8) is 0 Å². The number of benzene rings is 2. The smallest absolute Gasteiger partial charge is 0.343 e. The first-order valence-corrected chi connectivity index (χ1v) is 25.0. The molecule has 5 heterocycles. The highest BCUT2D eigenvalue weighted by molar-refractivity contribution is 6.12. The zero-order valence-electron chi connectivity index (χ0n) is 42.0. The molecule has 1 aliphatic carbocycles. The van der Waals surface area contributed by atoms with Gasteiger partial charge in [-0.2, -0.15) is 0 Å². The van der Waals surface area contributed by atoms with Gasteiger partial charge in [-0.05, 0) is 67.3 Å². The van der Waals surface area contributed by atoms with Crippen molar-refractivity contribution in [3.8, 4) is 11.4 Å². The number of unbranched alkanes of at least 4 members (excludes halogenated alkanes) is 2. The number of hydrogen-bond acceptors (Lipinski definition) is 14. The molecule has 0 spiro atoms. The molecule has 0 unspecified atom stereocenters. The van der Waals surface area contributed by atoms with Gasteiger partial charge >= 0.3 is 5.97 Å². The zero-order valence-corrected chi connectivity index (χ0v) is 42.0. The lowest BCUT2D eigenvalue weighted by atomic mass is 9.81. The first kappa shape index (κ1) is 54.1. The van der Waals surface area contributed by atoms with Crippen molar-refractivity contribution in [1.29, 1.82) is 0 Å². The van der Waals surface area contributed by atoms with Crippen LogP contribution in [0.5, 0.6) is 0 Å². The molecule has 23 heteroatoms.